The molecule has 0 fully saturated rings. The van der Waals surface area contributed by atoms with Gasteiger partial charge < -0.3 is 10.1 Å². The standard InChI is InChI=1S/C18H24N2O/c1-4-8-20-18(16-9-14(2)12-19-13-16)11-15-6-5-7-17(10-15)21-3/h5-7,9-10,12-13,18,20H,4,8,11H2,1-3H3. The lowest BCUT2D eigenvalue weighted by molar-refractivity contribution is 0.413. The van der Waals surface area contributed by atoms with Crippen LogP contribution in [0.1, 0.15) is 36.1 Å². The van der Waals surface area contributed by atoms with E-state index in [1.54, 1.807) is 7.11 Å². The van der Waals surface area contributed by atoms with Crippen LogP contribution in [0.25, 0.3) is 0 Å². The van der Waals surface area contributed by atoms with Gasteiger partial charge in [-0.25, -0.2) is 0 Å². The average Bonchev–Trinajstić information content (AvgIpc) is 2.51. The van der Waals surface area contributed by atoms with E-state index in [0.717, 1.165) is 25.1 Å². The number of benzene rings is 1. The Bertz CT molecular complexity index is 569. The molecule has 21 heavy (non-hydrogen) atoms. The van der Waals surface area contributed by atoms with Crippen LogP contribution in [0.4, 0.5) is 0 Å². The summed E-state index contributed by atoms with van der Waals surface area (Å²) in [5.41, 5.74) is 3.71. The van der Waals surface area contributed by atoms with Crippen LogP contribution in [0.2, 0.25) is 0 Å². The van der Waals surface area contributed by atoms with E-state index < -0.39 is 0 Å². The van der Waals surface area contributed by atoms with Gasteiger partial charge in [-0.05, 0) is 55.1 Å². The Kier molecular flexibility index (Phi) is 5.76. The smallest absolute Gasteiger partial charge is 0.119 e. The van der Waals surface area contributed by atoms with Crippen molar-refractivity contribution in [2.75, 3.05) is 13.7 Å². The number of rotatable bonds is 7. The van der Waals surface area contributed by atoms with Crippen LogP contribution in [0.3, 0.4) is 0 Å². The molecule has 3 heteroatoms. The van der Waals surface area contributed by atoms with Gasteiger partial charge in [-0.15, -0.1) is 0 Å². The van der Waals surface area contributed by atoms with E-state index in [2.05, 4.69) is 42.3 Å². The maximum Gasteiger partial charge on any atom is 0.119 e. The minimum Gasteiger partial charge on any atom is -0.497 e. The average molecular weight is 284 g/mol. The Morgan fingerprint density at radius 3 is 2.81 bits per heavy atom. The fourth-order valence-electron chi connectivity index (χ4n) is 2.43. The topological polar surface area (TPSA) is 34.1 Å². The van der Waals surface area contributed by atoms with Crippen molar-refractivity contribution in [3.63, 3.8) is 0 Å². The van der Waals surface area contributed by atoms with Crippen molar-refractivity contribution in [1.82, 2.24) is 10.3 Å². The van der Waals surface area contributed by atoms with Gasteiger partial charge in [-0.2, -0.15) is 0 Å². The molecule has 1 aromatic heterocycles. The predicted octanol–water partition coefficient (Wildman–Crippen LogP) is 3.68. The van der Waals surface area contributed by atoms with E-state index in [0.29, 0.717) is 0 Å². The highest BCUT2D eigenvalue weighted by molar-refractivity contribution is 5.30. The Morgan fingerprint density at radius 1 is 1.24 bits per heavy atom. The third-order valence-electron chi connectivity index (χ3n) is 3.51. The molecule has 0 amide bonds. The second kappa shape index (κ2) is 7.79. The van der Waals surface area contributed by atoms with Gasteiger partial charge in [0.25, 0.3) is 0 Å². The number of nitrogens with zero attached hydrogens (tertiary/aromatic N) is 1. The summed E-state index contributed by atoms with van der Waals surface area (Å²) in [6, 6.07) is 10.8. The quantitative estimate of drug-likeness (QED) is 0.842. The van der Waals surface area contributed by atoms with E-state index in [1.165, 1.54) is 16.7 Å². The third kappa shape index (κ3) is 4.57. The molecule has 0 spiro atoms. The van der Waals surface area contributed by atoms with Gasteiger partial charge in [0, 0.05) is 18.4 Å². The number of nitrogens with one attached hydrogen (secondary N) is 1. The number of aromatic nitrogens is 1. The van der Waals surface area contributed by atoms with Crippen LogP contribution in [0, 0.1) is 6.92 Å². The van der Waals surface area contributed by atoms with Crippen molar-refractivity contribution >= 4 is 0 Å². The molecule has 1 heterocycles. The van der Waals surface area contributed by atoms with Crippen LogP contribution >= 0.6 is 0 Å². The van der Waals surface area contributed by atoms with Crippen molar-refractivity contribution in [1.29, 1.82) is 0 Å². The van der Waals surface area contributed by atoms with Crippen molar-refractivity contribution in [3.05, 3.63) is 59.4 Å². The molecule has 0 bridgehead atoms. The van der Waals surface area contributed by atoms with Crippen LogP contribution in [0.15, 0.2) is 42.7 Å². The fourth-order valence-corrected chi connectivity index (χ4v) is 2.43. The Labute approximate surface area is 127 Å². The second-order valence-electron chi connectivity index (χ2n) is 5.36. The monoisotopic (exact) mass is 284 g/mol. The summed E-state index contributed by atoms with van der Waals surface area (Å²) in [7, 11) is 1.70. The lowest BCUT2D eigenvalue weighted by Crippen LogP contribution is -2.24. The van der Waals surface area contributed by atoms with Gasteiger partial charge in [0.2, 0.25) is 0 Å². The molecule has 2 rings (SSSR count). The van der Waals surface area contributed by atoms with Crippen molar-refractivity contribution < 1.29 is 4.74 Å². The summed E-state index contributed by atoms with van der Waals surface area (Å²) in [4.78, 5) is 4.32. The normalized spacial score (nSPS) is 12.1. The molecule has 3 nitrogen and oxygen atoms in total. The van der Waals surface area contributed by atoms with Gasteiger partial charge in [0.05, 0.1) is 7.11 Å². The molecule has 1 atom stereocenters. The van der Waals surface area contributed by atoms with Gasteiger partial charge >= 0.3 is 0 Å². The first-order valence-electron chi connectivity index (χ1n) is 7.50. The fraction of sp³-hybridized carbons (Fsp3) is 0.389. The molecule has 0 aliphatic heterocycles. The molecule has 1 N–H and O–H groups in total. The first-order valence-corrected chi connectivity index (χ1v) is 7.50. The van der Waals surface area contributed by atoms with E-state index in [4.69, 9.17) is 4.74 Å². The summed E-state index contributed by atoms with van der Waals surface area (Å²) in [5.74, 6) is 0.907. The predicted molar refractivity (Wildman–Crippen MR) is 86.7 cm³/mol. The molecular weight excluding hydrogens is 260 g/mol. The molecule has 0 saturated carbocycles. The van der Waals surface area contributed by atoms with E-state index >= 15 is 0 Å². The van der Waals surface area contributed by atoms with Gasteiger partial charge in [0.1, 0.15) is 5.75 Å². The van der Waals surface area contributed by atoms with Crippen LogP contribution in [-0.2, 0) is 6.42 Å². The summed E-state index contributed by atoms with van der Waals surface area (Å²) < 4.78 is 5.31. The number of hydrogen-bond donors (Lipinski definition) is 1. The molecule has 1 unspecified atom stereocenters. The number of hydrogen-bond acceptors (Lipinski definition) is 3. The molecule has 1 aromatic carbocycles. The Morgan fingerprint density at radius 2 is 2.10 bits per heavy atom. The molecular formula is C18H24N2O. The Balaban J connectivity index is 2.19. The highest BCUT2D eigenvalue weighted by Crippen LogP contribution is 2.21. The Hall–Kier alpha value is -1.87. The van der Waals surface area contributed by atoms with E-state index in [1.807, 2.05) is 24.5 Å². The van der Waals surface area contributed by atoms with Crippen LogP contribution in [-0.4, -0.2) is 18.6 Å². The SMILES string of the molecule is CCCNC(Cc1cccc(OC)c1)c1cncc(C)c1. The minimum atomic E-state index is 0.282. The summed E-state index contributed by atoms with van der Waals surface area (Å²) in [6.07, 6.45) is 5.91. The van der Waals surface area contributed by atoms with E-state index in [9.17, 15) is 0 Å². The number of pyridine rings is 1. The molecule has 0 aliphatic carbocycles. The van der Waals surface area contributed by atoms with Crippen molar-refractivity contribution in [3.8, 4) is 5.75 Å². The zero-order chi connectivity index (χ0) is 15.1. The third-order valence-corrected chi connectivity index (χ3v) is 3.51. The molecule has 2 aromatic rings. The highest BCUT2D eigenvalue weighted by Gasteiger charge is 2.12. The molecule has 0 aliphatic rings. The number of aryl methyl sites for hydroxylation is 1. The molecule has 0 radical (unpaired) electrons. The van der Waals surface area contributed by atoms with Crippen molar-refractivity contribution in [2.24, 2.45) is 0 Å². The first-order chi connectivity index (χ1) is 10.2. The summed E-state index contributed by atoms with van der Waals surface area (Å²) >= 11 is 0. The van der Waals surface area contributed by atoms with Gasteiger partial charge in [-0.3, -0.25) is 4.98 Å². The van der Waals surface area contributed by atoms with E-state index in [-0.39, 0.29) is 6.04 Å². The number of methoxy groups -OCH3 is 1. The van der Waals surface area contributed by atoms with Gasteiger partial charge in [-0.1, -0.05) is 25.1 Å². The zero-order valence-electron chi connectivity index (χ0n) is 13.1. The summed E-state index contributed by atoms with van der Waals surface area (Å²) in [5, 5.41) is 3.62. The minimum absolute atomic E-state index is 0.282. The maximum atomic E-state index is 5.31. The first kappa shape index (κ1) is 15.5. The number of ether oxygens (including phenoxy) is 1. The van der Waals surface area contributed by atoms with Gasteiger partial charge in [0.15, 0.2) is 0 Å². The summed E-state index contributed by atoms with van der Waals surface area (Å²) in [6.45, 7) is 5.27. The highest BCUT2D eigenvalue weighted by atomic mass is 16.5. The zero-order valence-corrected chi connectivity index (χ0v) is 13.1. The molecule has 112 valence electrons. The lowest BCUT2D eigenvalue weighted by atomic mass is 9.99. The molecule has 0 saturated heterocycles. The second-order valence-corrected chi connectivity index (χ2v) is 5.36. The largest absolute Gasteiger partial charge is 0.497 e. The maximum absolute atomic E-state index is 5.31. The van der Waals surface area contributed by atoms with Crippen molar-refractivity contribution in [2.45, 2.75) is 32.7 Å². The van der Waals surface area contributed by atoms with Crippen LogP contribution < -0.4 is 10.1 Å². The lowest BCUT2D eigenvalue weighted by Gasteiger charge is -2.19. The van der Waals surface area contributed by atoms with Crippen LogP contribution in [0.5, 0.6) is 5.75 Å².